The molecular weight excluding hydrogens is 248 g/mol. The molecule has 3 nitrogen and oxygen atoms in total. The van der Waals surface area contributed by atoms with Gasteiger partial charge in [0.15, 0.2) is 0 Å². The molecule has 1 aromatic heterocycles. The van der Waals surface area contributed by atoms with Crippen LogP contribution in [0.3, 0.4) is 0 Å². The first kappa shape index (κ1) is 12.9. The van der Waals surface area contributed by atoms with Gasteiger partial charge in [0.2, 0.25) is 0 Å². The van der Waals surface area contributed by atoms with Crippen molar-refractivity contribution in [2.24, 2.45) is 0 Å². The summed E-state index contributed by atoms with van der Waals surface area (Å²) in [4.78, 5) is 4.09. The van der Waals surface area contributed by atoms with Crippen molar-refractivity contribution in [1.82, 2.24) is 10.3 Å². The molecule has 2 rings (SSSR count). The zero-order valence-electron chi connectivity index (χ0n) is 10.2. The third-order valence-corrected chi connectivity index (χ3v) is 2.73. The van der Waals surface area contributed by atoms with Crippen LogP contribution in [0.15, 0.2) is 42.7 Å². The van der Waals surface area contributed by atoms with Crippen molar-refractivity contribution in [3.05, 3.63) is 53.3 Å². The van der Waals surface area contributed by atoms with Gasteiger partial charge < -0.3 is 10.1 Å². The standard InChI is InChI=1S/C14H15ClN2O/c1-2-16-9-11-7-8-17-10-14(11)18-13-5-3-12(15)4-6-13/h3-8,10,16H,2,9H2,1H3. The van der Waals surface area contributed by atoms with Crippen LogP contribution in [-0.4, -0.2) is 11.5 Å². The predicted octanol–water partition coefficient (Wildman–Crippen LogP) is 3.64. The molecule has 0 saturated heterocycles. The molecular formula is C14H15ClN2O. The monoisotopic (exact) mass is 262 g/mol. The number of aromatic nitrogens is 1. The first-order valence-corrected chi connectivity index (χ1v) is 6.24. The van der Waals surface area contributed by atoms with Crippen LogP contribution in [0.2, 0.25) is 5.02 Å². The Bertz CT molecular complexity index is 499. The molecule has 2 aromatic rings. The van der Waals surface area contributed by atoms with Crippen molar-refractivity contribution < 1.29 is 4.74 Å². The van der Waals surface area contributed by atoms with Gasteiger partial charge in [0, 0.05) is 23.3 Å². The molecule has 0 bridgehead atoms. The van der Waals surface area contributed by atoms with Crippen LogP contribution in [0.5, 0.6) is 11.5 Å². The molecule has 0 aliphatic heterocycles. The zero-order chi connectivity index (χ0) is 12.8. The maximum Gasteiger partial charge on any atom is 0.150 e. The van der Waals surface area contributed by atoms with Crippen molar-refractivity contribution >= 4 is 11.6 Å². The van der Waals surface area contributed by atoms with Crippen LogP contribution >= 0.6 is 11.6 Å². The second-order valence-electron chi connectivity index (χ2n) is 3.82. The molecule has 1 heterocycles. The van der Waals surface area contributed by atoms with Crippen LogP contribution in [0.4, 0.5) is 0 Å². The smallest absolute Gasteiger partial charge is 0.150 e. The number of nitrogens with zero attached hydrogens (tertiary/aromatic N) is 1. The van der Waals surface area contributed by atoms with E-state index < -0.39 is 0 Å². The van der Waals surface area contributed by atoms with Gasteiger partial charge in [-0.2, -0.15) is 0 Å². The Balaban J connectivity index is 2.15. The summed E-state index contributed by atoms with van der Waals surface area (Å²) in [5, 5.41) is 3.97. The van der Waals surface area contributed by atoms with Gasteiger partial charge in [-0.05, 0) is 36.9 Å². The molecule has 94 valence electrons. The van der Waals surface area contributed by atoms with Crippen LogP contribution in [0.1, 0.15) is 12.5 Å². The van der Waals surface area contributed by atoms with E-state index in [4.69, 9.17) is 16.3 Å². The van der Waals surface area contributed by atoms with Crippen molar-refractivity contribution in [2.75, 3.05) is 6.54 Å². The second kappa shape index (κ2) is 6.38. The first-order valence-electron chi connectivity index (χ1n) is 5.86. The molecule has 1 aromatic carbocycles. The highest BCUT2D eigenvalue weighted by atomic mass is 35.5. The SMILES string of the molecule is CCNCc1ccncc1Oc1ccc(Cl)cc1. The fraction of sp³-hybridized carbons (Fsp3) is 0.214. The summed E-state index contributed by atoms with van der Waals surface area (Å²) in [6.07, 6.45) is 3.49. The third kappa shape index (κ3) is 3.45. The molecule has 18 heavy (non-hydrogen) atoms. The van der Waals surface area contributed by atoms with E-state index in [1.807, 2.05) is 18.2 Å². The van der Waals surface area contributed by atoms with E-state index in [-0.39, 0.29) is 0 Å². The fourth-order valence-electron chi connectivity index (χ4n) is 1.54. The Hall–Kier alpha value is -1.58. The summed E-state index contributed by atoms with van der Waals surface area (Å²) < 4.78 is 5.80. The zero-order valence-corrected chi connectivity index (χ0v) is 10.9. The number of rotatable bonds is 5. The molecule has 0 unspecified atom stereocenters. The summed E-state index contributed by atoms with van der Waals surface area (Å²) in [5.74, 6) is 1.52. The number of hydrogen-bond acceptors (Lipinski definition) is 3. The van der Waals surface area contributed by atoms with E-state index in [0.29, 0.717) is 5.02 Å². The van der Waals surface area contributed by atoms with Gasteiger partial charge in [-0.25, -0.2) is 0 Å². The van der Waals surface area contributed by atoms with Crippen molar-refractivity contribution in [3.63, 3.8) is 0 Å². The maximum absolute atomic E-state index is 5.84. The summed E-state index contributed by atoms with van der Waals surface area (Å²) in [6.45, 7) is 3.76. The number of pyridine rings is 1. The van der Waals surface area contributed by atoms with Crippen LogP contribution in [-0.2, 0) is 6.54 Å². The number of halogens is 1. The first-order chi connectivity index (χ1) is 8.79. The van der Waals surface area contributed by atoms with Gasteiger partial charge in [-0.1, -0.05) is 18.5 Å². The maximum atomic E-state index is 5.84. The third-order valence-electron chi connectivity index (χ3n) is 2.48. The normalized spacial score (nSPS) is 10.3. The summed E-state index contributed by atoms with van der Waals surface area (Å²) >= 11 is 5.84. The second-order valence-corrected chi connectivity index (χ2v) is 4.26. The van der Waals surface area contributed by atoms with Crippen LogP contribution in [0, 0.1) is 0 Å². The molecule has 1 N–H and O–H groups in total. The molecule has 0 atom stereocenters. The topological polar surface area (TPSA) is 34.2 Å². The Labute approximate surface area is 112 Å². The van der Waals surface area contributed by atoms with Crippen molar-refractivity contribution in [1.29, 1.82) is 0 Å². The molecule has 0 aliphatic carbocycles. The van der Waals surface area contributed by atoms with Crippen molar-refractivity contribution in [2.45, 2.75) is 13.5 Å². The highest BCUT2D eigenvalue weighted by Gasteiger charge is 2.04. The number of benzene rings is 1. The van der Waals surface area contributed by atoms with Gasteiger partial charge in [0.25, 0.3) is 0 Å². The number of ether oxygens (including phenoxy) is 1. The lowest BCUT2D eigenvalue weighted by Gasteiger charge is -2.10. The highest BCUT2D eigenvalue weighted by Crippen LogP contribution is 2.25. The minimum atomic E-state index is 0.696. The number of hydrogen-bond donors (Lipinski definition) is 1. The van der Waals surface area contributed by atoms with E-state index in [9.17, 15) is 0 Å². The van der Waals surface area contributed by atoms with Gasteiger partial charge in [0.1, 0.15) is 11.5 Å². The Morgan fingerprint density at radius 1 is 1.22 bits per heavy atom. The summed E-state index contributed by atoms with van der Waals surface area (Å²) in [6, 6.07) is 9.24. The van der Waals surface area contributed by atoms with Crippen molar-refractivity contribution in [3.8, 4) is 11.5 Å². The molecule has 0 saturated carbocycles. The Morgan fingerprint density at radius 2 is 2.00 bits per heavy atom. The van der Waals surface area contributed by atoms with Gasteiger partial charge in [-0.15, -0.1) is 0 Å². The minimum absolute atomic E-state index is 0.696. The average Bonchev–Trinajstić information content (AvgIpc) is 2.40. The summed E-state index contributed by atoms with van der Waals surface area (Å²) in [7, 11) is 0. The van der Waals surface area contributed by atoms with Gasteiger partial charge in [0.05, 0.1) is 6.20 Å². The summed E-state index contributed by atoms with van der Waals surface area (Å²) in [5.41, 5.74) is 1.09. The lowest BCUT2D eigenvalue weighted by atomic mass is 10.2. The molecule has 0 spiro atoms. The lowest BCUT2D eigenvalue weighted by Crippen LogP contribution is -2.12. The highest BCUT2D eigenvalue weighted by molar-refractivity contribution is 6.30. The van der Waals surface area contributed by atoms with Crippen LogP contribution < -0.4 is 10.1 Å². The quantitative estimate of drug-likeness (QED) is 0.893. The molecule has 4 heteroatoms. The average molecular weight is 263 g/mol. The Morgan fingerprint density at radius 3 is 2.72 bits per heavy atom. The molecule has 0 radical (unpaired) electrons. The van der Waals surface area contributed by atoms with E-state index >= 15 is 0 Å². The minimum Gasteiger partial charge on any atom is -0.455 e. The number of nitrogens with one attached hydrogen (secondary N) is 1. The van der Waals surface area contributed by atoms with Gasteiger partial charge in [-0.3, -0.25) is 4.98 Å². The fourth-order valence-corrected chi connectivity index (χ4v) is 1.66. The van der Waals surface area contributed by atoms with Gasteiger partial charge >= 0.3 is 0 Å². The van der Waals surface area contributed by atoms with E-state index in [1.54, 1.807) is 24.5 Å². The molecule has 0 fully saturated rings. The molecule has 0 amide bonds. The van der Waals surface area contributed by atoms with Crippen LogP contribution in [0.25, 0.3) is 0 Å². The largest absolute Gasteiger partial charge is 0.455 e. The predicted molar refractivity (Wildman–Crippen MR) is 73.1 cm³/mol. The Kier molecular flexibility index (Phi) is 4.56. The lowest BCUT2D eigenvalue weighted by molar-refractivity contribution is 0.471. The van der Waals surface area contributed by atoms with E-state index in [2.05, 4.69) is 17.2 Å². The molecule has 0 aliphatic rings. The van der Waals surface area contributed by atoms with E-state index in [0.717, 1.165) is 30.2 Å². The van der Waals surface area contributed by atoms with E-state index in [1.165, 1.54) is 0 Å².